The first-order valence-corrected chi connectivity index (χ1v) is 9.05. The summed E-state index contributed by atoms with van der Waals surface area (Å²) in [5.74, 6) is 0. The molecule has 2 aromatic rings. The summed E-state index contributed by atoms with van der Waals surface area (Å²) in [7, 11) is -1.71. The van der Waals surface area contributed by atoms with Crippen LogP contribution in [0.3, 0.4) is 0 Å². The van der Waals surface area contributed by atoms with E-state index in [9.17, 15) is 0 Å². The van der Waals surface area contributed by atoms with E-state index in [1.165, 1.54) is 10.4 Å². The Labute approximate surface area is 101 Å². The molecule has 0 aliphatic rings. The second-order valence-electron chi connectivity index (χ2n) is 3.85. The van der Waals surface area contributed by atoms with Crippen LogP contribution in [-0.2, 0) is 4.12 Å². The summed E-state index contributed by atoms with van der Waals surface area (Å²) in [5.41, 5.74) is 0. The molecule has 0 saturated carbocycles. The molecule has 0 aliphatic carbocycles. The molecule has 82 valence electrons. The quantitative estimate of drug-likeness (QED) is 0.719. The molecule has 16 heavy (non-hydrogen) atoms. The molecule has 3 heteroatoms. The molecule has 0 bridgehead atoms. The van der Waals surface area contributed by atoms with E-state index in [1.54, 1.807) is 0 Å². The van der Waals surface area contributed by atoms with Gasteiger partial charge in [0.15, 0.2) is 18.8 Å². The van der Waals surface area contributed by atoms with Gasteiger partial charge in [-0.15, -0.1) is 0 Å². The highest BCUT2D eigenvalue weighted by molar-refractivity contribution is 6.72. The Kier molecular flexibility index (Phi) is 4.10. The topological polar surface area (TPSA) is 9.23 Å². The maximum absolute atomic E-state index is 6.09. The fourth-order valence-corrected chi connectivity index (χ4v) is 5.38. The summed E-state index contributed by atoms with van der Waals surface area (Å²) < 4.78 is 6.09. The molecular formula is C13H16OSi2. The van der Waals surface area contributed by atoms with Crippen LogP contribution in [0.1, 0.15) is 0 Å². The van der Waals surface area contributed by atoms with E-state index in [0.717, 1.165) is 0 Å². The number of benzene rings is 2. The highest BCUT2D eigenvalue weighted by Crippen LogP contribution is 1.90. The minimum atomic E-state index is -1.17. The first-order chi connectivity index (χ1) is 7.86. The van der Waals surface area contributed by atoms with Gasteiger partial charge in [-0.25, -0.2) is 0 Å². The maximum atomic E-state index is 6.09. The molecule has 0 aromatic heterocycles. The molecule has 1 atom stereocenters. The molecule has 0 radical (unpaired) electrons. The van der Waals surface area contributed by atoms with Gasteiger partial charge in [0.1, 0.15) is 0 Å². The van der Waals surface area contributed by atoms with Gasteiger partial charge in [-0.2, -0.15) is 0 Å². The minimum absolute atomic E-state index is 0.541. The van der Waals surface area contributed by atoms with E-state index < -0.39 is 18.8 Å². The van der Waals surface area contributed by atoms with Crippen molar-refractivity contribution in [2.45, 2.75) is 6.55 Å². The van der Waals surface area contributed by atoms with E-state index in [4.69, 9.17) is 4.12 Å². The smallest absolute Gasteiger partial charge is 0.192 e. The second kappa shape index (κ2) is 5.79. The van der Waals surface area contributed by atoms with E-state index in [0.29, 0.717) is 0 Å². The number of hydrogen-bond donors (Lipinski definition) is 0. The van der Waals surface area contributed by atoms with Crippen LogP contribution in [0.2, 0.25) is 6.55 Å². The van der Waals surface area contributed by atoms with Gasteiger partial charge in [-0.1, -0.05) is 60.7 Å². The molecule has 1 unspecified atom stereocenters. The van der Waals surface area contributed by atoms with Crippen molar-refractivity contribution in [3.05, 3.63) is 60.7 Å². The van der Waals surface area contributed by atoms with Crippen LogP contribution in [0.25, 0.3) is 0 Å². The lowest BCUT2D eigenvalue weighted by atomic mass is 10.4. The molecule has 2 rings (SSSR count). The summed E-state index contributed by atoms with van der Waals surface area (Å²) in [6, 6.07) is 21.1. The van der Waals surface area contributed by atoms with Crippen molar-refractivity contribution < 1.29 is 4.12 Å². The first kappa shape index (κ1) is 11.3. The molecular weight excluding hydrogens is 228 g/mol. The van der Waals surface area contributed by atoms with E-state index in [-0.39, 0.29) is 0 Å². The van der Waals surface area contributed by atoms with Crippen LogP contribution in [0, 0.1) is 0 Å². The van der Waals surface area contributed by atoms with Gasteiger partial charge in [-0.3, -0.25) is 0 Å². The third kappa shape index (κ3) is 3.16. The Morgan fingerprint density at radius 1 is 0.875 bits per heavy atom. The monoisotopic (exact) mass is 244 g/mol. The Morgan fingerprint density at radius 3 is 2.06 bits per heavy atom. The average molecular weight is 244 g/mol. The zero-order valence-electron chi connectivity index (χ0n) is 9.47. The van der Waals surface area contributed by atoms with Gasteiger partial charge in [-0.05, 0) is 16.9 Å². The van der Waals surface area contributed by atoms with Crippen molar-refractivity contribution in [1.29, 1.82) is 0 Å². The van der Waals surface area contributed by atoms with Gasteiger partial charge in [0, 0.05) is 0 Å². The Hall–Kier alpha value is -1.17. The fraction of sp³-hybridized carbons (Fsp3) is 0.0769. The summed E-state index contributed by atoms with van der Waals surface area (Å²) in [5, 5.41) is 2.78. The van der Waals surface area contributed by atoms with Crippen molar-refractivity contribution in [1.82, 2.24) is 0 Å². The number of rotatable bonds is 4. The average Bonchev–Trinajstić information content (AvgIpc) is 2.38. The van der Waals surface area contributed by atoms with Crippen LogP contribution in [-0.4, -0.2) is 18.8 Å². The zero-order valence-corrected chi connectivity index (χ0v) is 12.0. The summed E-state index contributed by atoms with van der Waals surface area (Å²) in [6.07, 6.45) is 0. The van der Waals surface area contributed by atoms with E-state index in [2.05, 4.69) is 67.2 Å². The second-order valence-corrected chi connectivity index (χ2v) is 8.24. The Bertz CT molecular complexity index is 416. The molecule has 0 aliphatic heterocycles. The predicted octanol–water partition coefficient (Wildman–Crippen LogP) is 0.673. The summed E-state index contributed by atoms with van der Waals surface area (Å²) in [6.45, 7) is 2.26. The fourth-order valence-electron chi connectivity index (χ4n) is 1.62. The number of hydrogen-bond acceptors (Lipinski definition) is 1. The van der Waals surface area contributed by atoms with Gasteiger partial charge >= 0.3 is 0 Å². The first-order valence-electron chi connectivity index (χ1n) is 5.57. The van der Waals surface area contributed by atoms with Crippen molar-refractivity contribution in [3.8, 4) is 0 Å². The molecule has 0 heterocycles. The molecule has 0 saturated heterocycles. The predicted molar refractivity (Wildman–Crippen MR) is 74.8 cm³/mol. The lowest BCUT2D eigenvalue weighted by Crippen LogP contribution is -2.34. The minimum Gasteiger partial charge on any atom is -0.455 e. The van der Waals surface area contributed by atoms with Gasteiger partial charge in [0.25, 0.3) is 0 Å². The molecule has 1 nitrogen and oxygen atoms in total. The molecule has 0 spiro atoms. The van der Waals surface area contributed by atoms with Gasteiger partial charge in [0.05, 0.1) is 0 Å². The standard InChI is InChI=1S/C13H16OSi2/c1-16(13-10-6-3-7-11-13)14-15-12-8-4-2-5-9-12/h2-11,16H,15H2,1H3. The van der Waals surface area contributed by atoms with Gasteiger partial charge < -0.3 is 4.12 Å². The molecule has 0 N–H and O–H groups in total. The van der Waals surface area contributed by atoms with Crippen molar-refractivity contribution in [2.75, 3.05) is 0 Å². The van der Waals surface area contributed by atoms with E-state index in [1.807, 2.05) is 0 Å². The SMILES string of the molecule is C[SiH](O[SiH2]c1ccccc1)c1ccccc1. The normalized spacial score (nSPS) is 13.1. The van der Waals surface area contributed by atoms with Crippen LogP contribution < -0.4 is 10.4 Å². The van der Waals surface area contributed by atoms with Crippen LogP contribution >= 0.6 is 0 Å². The lowest BCUT2D eigenvalue weighted by molar-refractivity contribution is 0.641. The summed E-state index contributed by atoms with van der Waals surface area (Å²) >= 11 is 0. The van der Waals surface area contributed by atoms with Crippen LogP contribution in [0.4, 0.5) is 0 Å². The third-order valence-electron chi connectivity index (χ3n) is 2.61. The van der Waals surface area contributed by atoms with E-state index >= 15 is 0 Å². The highest BCUT2D eigenvalue weighted by Gasteiger charge is 2.07. The zero-order chi connectivity index (χ0) is 11.2. The lowest BCUT2D eigenvalue weighted by Gasteiger charge is -2.11. The largest absolute Gasteiger partial charge is 0.455 e. The van der Waals surface area contributed by atoms with Crippen molar-refractivity contribution >= 4 is 29.2 Å². The van der Waals surface area contributed by atoms with Crippen LogP contribution in [0.5, 0.6) is 0 Å². The highest BCUT2D eigenvalue weighted by atomic mass is 28.3. The molecule has 0 amide bonds. The molecule has 2 aromatic carbocycles. The third-order valence-corrected chi connectivity index (χ3v) is 7.41. The van der Waals surface area contributed by atoms with Crippen molar-refractivity contribution in [3.63, 3.8) is 0 Å². The van der Waals surface area contributed by atoms with Crippen molar-refractivity contribution in [2.24, 2.45) is 0 Å². The van der Waals surface area contributed by atoms with Crippen LogP contribution in [0.15, 0.2) is 60.7 Å². The maximum Gasteiger partial charge on any atom is 0.192 e. The van der Waals surface area contributed by atoms with Gasteiger partial charge in [0.2, 0.25) is 0 Å². The molecule has 0 fully saturated rings. The summed E-state index contributed by atoms with van der Waals surface area (Å²) in [4.78, 5) is 0. The Balaban J connectivity index is 1.92. The Morgan fingerprint density at radius 2 is 1.44 bits per heavy atom.